The molecule has 140 valence electrons. The third-order valence-corrected chi connectivity index (χ3v) is 6.68. The predicted octanol–water partition coefficient (Wildman–Crippen LogP) is 3.34. The highest BCUT2D eigenvalue weighted by Gasteiger charge is 2.19. The molecule has 0 radical (unpaired) electrons. The Balaban J connectivity index is 1.40. The number of carbonyl (C=O) groups excluding carboxylic acids is 1. The van der Waals surface area contributed by atoms with Crippen LogP contribution in [0.4, 0.5) is 0 Å². The first-order valence-electron chi connectivity index (χ1n) is 8.52. The Kier molecular flexibility index (Phi) is 6.66. The first kappa shape index (κ1) is 19.3. The van der Waals surface area contributed by atoms with Crippen molar-refractivity contribution in [3.8, 4) is 10.6 Å². The van der Waals surface area contributed by atoms with Crippen molar-refractivity contribution in [3.63, 3.8) is 0 Å². The number of thioether (sulfide) groups is 1. The fourth-order valence-electron chi connectivity index (χ4n) is 2.64. The minimum atomic E-state index is -0.265. The maximum Gasteiger partial charge on any atom is 0.316 e. The summed E-state index contributed by atoms with van der Waals surface area (Å²) in [6, 6.07) is 0. The molecule has 1 saturated heterocycles. The quantitative estimate of drug-likeness (QED) is 0.553. The molecule has 1 fully saturated rings. The monoisotopic (exact) mass is 410 g/mol. The van der Waals surface area contributed by atoms with Crippen LogP contribution < -0.4 is 0 Å². The summed E-state index contributed by atoms with van der Waals surface area (Å²) in [5, 5.41) is 6.92. The molecule has 0 unspecified atom stereocenters. The molecule has 0 atom stereocenters. The van der Waals surface area contributed by atoms with Gasteiger partial charge in [0.25, 0.3) is 0 Å². The molecule has 0 aliphatic carbocycles. The largest absolute Gasteiger partial charge is 0.459 e. The van der Waals surface area contributed by atoms with E-state index >= 15 is 0 Å². The fourth-order valence-corrected chi connectivity index (χ4v) is 4.47. The van der Waals surface area contributed by atoms with Crippen molar-refractivity contribution in [2.75, 3.05) is 18.8 Å². The van der Waals surface area contributed by atoms with Gasteiger partial charge in [-0.1, -0.05) is 30.9 Å². The van der Waals surface area contributed by atoms with E-state index in [1.54, 1.807) is 10.9 Å². The number of rotatable bonds is 5. The molecular formula is C17H22N4O2S3. The van der Waals surface area contributed by atoms with Crippen LogP contribution >= 0.6 is 35.3 Å². The molecular weight excluding hydrogens is 388 g/mol. The second kappa shape index (κ2) is 8.96. The van der Waals surface area contributed by atoms with Gasteiger partial charge in [0.15, 0.2) is 0 Å². The zero-order valence-corrected chi connectivity index (χ0v) is 17.3. The van der Waals surface area contributed by atoms with Crippen molar-refractivity contribution in [1.29, 1.82) is 0 Å². The molecule has 3 heterocycles. The van der Waals surface area contributed by atoms with Gasteiger partial charge in [0.2, 0.25) is 0 Å². The second-order valence-electron chi connectivity index (χ2n) is 6.43. The smallest absolute Gasteiger partial charge is 0.316 e. The van der Waals surface area contributed by atoms with E-state index in [-0.39, 0.29) is 18.3 Å². The Hall–Kier alpha value is -1.45. The average Bonchev–Trinajstić information content (AvgIpc) is 3.27. The van der Waals surface area contributed by atoms with Crippen LogP contribution in [-0.4, -0.2) is 48.8 Å². The van der Waals surface area contributed by atoms with E-state index in [0.717, 1.165) is 52.4 Å². The Morgan fingerprint density at radius 1 is 1.46 bits per heavy atom. The average molecular weight is 411 g/mol. The number of ether oxygens (including phenoxy) is 1. The summed E-state index contributed by atoms with van der Waals surface area (Å²) in [4.78, 5) is 18.7. The number of carbonyl (C=O) groups is 1. The summed E-state index contributed by atoms with van der Waals surface area (Å²) >= 11 is 8.33. The Morgan fingerprint density at radius 3 is 2.92 bits per heavy atom. The van der Waals surface area contributed by atoms with Crippen LogP contribution in [-0.2, 0) is 23.2 Å². The van der Waals surface area contributed by atoms with Crippen LogP contribution in [0, 0.1) is 5.92 Å². The van der Waals surface area contributed by atoms with Gasteiger partial charge in [-0.05, 0) is 18.8 Å². The lowest BCUT2D eigenvalue weighted by molar-refractivity contribution is -0.141. The SMILES string of the molecule is CC1CCN(C(=S)SCC(=O)OCc2csc(-c3cnn(C)c3)n2)CC1. The van der Waals surface area contributed by atoms with Crippen molar-refractivity contribution in [1.82, 2.24) is 19.7 Å². The minimum Gasteiger partial charge on any atom is -0.459 e. The lowest BCUT2D eigenvalue weighted by Crippen LogP contribution is -2.35. The molecule has 0 N–H and O–H groups in total. The zero-order chi connectivity index (χ0) is 18.5. The van der Waals surface area contributed by atoms with E-state index < -0.39 is 0 Å². The van der Waals surface area contributed by atoms with Gasteiger partial charge in [-0.3, -0.25) is 9.48 Å². The van der Waals surface area contributed by atoms with Crippen molar-refractivity contribution < 1.29 is 9.53 Å². The lowest BCUT2D eigenvalue weighted by atomic mass is 10.00. The fraction of sp³-hybridized carbons (Fsp3) is 0.529. The number of thiazole rings is 1. The van der Waals surface area contributed by atoms with Crippen molar-refractivity contribution in [2.24, 2.45) is 13.0 Å². The van der Waals surface area contributed by atoms with Crippen molar-refractivity contribution in [3.05, 3.63) is 23.5 Å². The van der Waals surface area contributed by atoms with E-state index in [1.807, 2.05) is 18.6 Å². The molecule has 6 nitrogen and oxygen atoms in total. The number of thiocarbonyl (C=S) groups is 1. The van der Waals surface area contributed by atoms with Crippen LogP contribution in [0.2, 0.25) is 0 Å². The van der Waals surface area contributed by atoms with E-state index in [9.17, 15) is 4.79 Å². The Bertz CT molecular complexity index is 766. The maximum atomic E-state index is 12.0. The second-order valence-corrected chi connectivity index (χ2v) is 8.90. The highest BCUT2D eigenvalue weighted by atomic mass is 32.2. The lowest BCUT2D eigenvalue weighted by Gasteiger charge is -2.31. The topological polar surface area (TPSA) is 60.3 Å². The van der Waals surface area contributed by atoms with Crippen molar-refractivity contribution >= 4 is 45.6 Å². The van der Waals surface area contributed by atoms with Gasteiger partial charge in [0, 0.05) is 37.3 Å². The third-order valence-electron chi connectivity index (χ3n) is 4.24. The summed E-state index contributed by atoms with van der Waals surface area (Å²) in [6.45, 7) is 4.42. The molecule has 0 bridgehead atoms. The molecule has 1 aliphatic rings. The molecule has 0 amide bonds. The normalized spacial score (nSPS) is 15.2. The molecule has 9 heteroatoms. The first-order chi connectivity index (χ1) is 12.5. The number of likely N-dealkylation sites (tertiary alicyclic amines) is 1. The van der Waals surface area contributed by atoms with Crippen LogP contribution in [0.15, 0.2) is 17.8 Å². The molecule has 3 rings (SSSR count). The van der Waals surface area contributed by atoms with Crippen molar-refractivity contribution in [2.45, 2.75) is 26.4 Å². The first-order valence-corrected chi connectivity index (χ1v) is 10.8. The highest BCUT2D eigenvalue weighted by Crippen LogP contribution is 2.23. The van der Waals surface area contributed by atoms with E-state index in [0.29, 0.717) is 0 Å². The molecule has 2 aromatic rings. The van der Waals surface area contributed by atoms with Crippen LogP contribution in [0.1, 0.15) is 25.5 Å². The summed E-state index contributed by atoms with van der Waals surface area (Å²) in [5.41, 5.74) is 1.71. The van der Waals surface area contributed by atoms with Gasteiger partial charge >= 0.3 is 5.97 Å². The van der Waals surface area contributed by atoms with E-state index in [2.05, 4.69) is 21.9 Å². The summed E-state index contributed by atoms with van der Waals surface area (Å²) in [6.07, 6.45) is 6.00. The number of aromatic nitrogens is 3. The van der Waals surface area contributed by atoms with E-state index in [4.69, 9.17) is 17.0 Å². The molecule has 2 aromatic heterocycles. The van der Waals surface area contributed by atoms with Gasteiger partial charge < -0.3 is 9.64 Å². The predicted molar refractivity (Wildman–Crippen MR) is 109 cm³/mol. The summed E-state index contributed by atoms with van der Waals surface area (Å²) in [7, 11) is 1.87. The van der Waals surface area contributed by atoms with E-state index in [1.165, 1.54) is 23.1 Å². The highest BCUT2D eigenvalue weighted by molar-refractivity contribution is 8.23. The Morgan fingerprint density at radius 2 is 2.23 bits per heavy atom. The minimum absolute atomic E-state index is 0.185. The molecule has 0 aromatic carbocycles. The Labute approximate surface area is 166 Å². The number of aryl methyl sites for hydroxylation is 1. The van der Waals surface area contributed by atoms with Crippen LogP contribution in [0.25, 0.3) is 10.6 Å². The van der Waals surface area contributed by atoms with Crippen LogP contribution in [0.5, 0.6) is 0 Å². The van der Waals surface area contributed by atoms with Crippen LogP contribution in [0.3, 0.4) is 0 Å². The molecule has 0 spiro atoms. The summed E-state index contributed by atoms with van der Waals surface area (Å²) in [5.74, 6) is 0.738. The number of esters is 1. The number of hydrogen-bond acceptors (Lipinski definition) is 7. The van der Waals surface area contributed by atoms with Gasteiger partial charge in [-0.2, -0.15) is 5.10 Å². The van der Waals surface area contributed by atoms with Gasteiger partial charge in [0.05, 0.1) is 17.6 Å². The molecule has 0 saturated carbocycles. The molecule has 1 aliphatic heterocycles. The zero-order valence-electron chi connectivity index (χ0n) is 14.9. The number of hydrogen-bond donors (Lipinski definition) is 0. The van der Waals surface area contributed by atoms with Gasteiger partial charge in [0.1, 0.15) is 15.9 Å². The maximum absolute atomic E-state index is 12.0. The third kappa shape index (κ3) is 5.28. The summed E-state index contributed by atoms with van der Waals surface area (Å²) < 4.78 is 7.85. The molecule has 26 heavy (non-hydrogen) atoms. The van der Waals surface area contributed by atoms with Gasteiger partial charge in [-0.15, -0.1) is 11.3 Å². The number of nitrogens with zero attached hydrogens (tertiary/aromatic N) is 4. The number of piperidine rings is 1. The standard InChI is InChI=1S/C17H22N4O2S3/c1-12-3-5-21(6-4-12)17(24)26-11-15(22)23-9-14-10-25-16(19-14)13-7-18-20(2)8-13/h7-8,10,12H,3-6,9,11H2,1-2H3. The van der Waals surface area contributed by atoms with Gasteiger partial charge in [-0.25, -0.2) is 4.98 Å².